The van der Waals surface area contributed by atoms with E-state index in [2.05, 4.69) is 41.6 Å². The Bertz CT molecular complexity index is 1040. The minimum Gasteiger partial charge on any atom is -0.497 e. The second-order valence-electron chi connectivity index (χ2n) is 10.9. The van der Waals surface area contributed by atoms with Crippen LogP contribution in [0.1, 0.15) is 67.1 Å². The molecule has 4 aliphatic rings. The van der Waals surface area contributed by atoms with Gasteiger partial charge < -0.3 is 9.84 Å². The molecule has 1 unspecified atom stereocenters. The van der Waals surface area contributed by atoms with E-state index in [0.717, 1.165) is 63.4 Å². The Labute approximate surface area is 191 Å². The topological polar surface area (TPSA) is 50.5 Å². The fourth-order valence-electron chi connectivity index (χ4n) is 7.08. The van der Waals surface area contributed by atoms with E-state index in [1.54, 1.807) is 7.11 Å². The van der Waals surface area contributed by atoms with Gasteiger partial charge in [-0.1, -0.05) is 19.4 Å². The van der Waals surface area contributed by atoms with Crippen LogP contribution in [0, 0.1) is 12.8 Å². The lowest BCUT2D eigenvalue weighted by atomic mass is 9.49. The Morgan fingerprint density at radius 1 is 1.25 bits per heavy atom. The van der Waals surface area contributed by atoms with Gasteiger partial charge in [-0.25, -0.2) is 0 Å². The van der Waals surface area contributed by atoms with Gasteiger partial charge in [0.05, 0.1) is 18.4 Å². The average Bonchev–Trinajstić information content (AvgIpc) is 3.56. The van der Waals surface area contributed by atoms with Gasteiger partial charge in [-0.2, -0.15) is 5.10 Å². The standard InChI is InChI=1S/C27H37N3O2/c1-4-5-11-30-18(2)22-15-27(31)25-13-20-8-9-21(32-3)14-23(20)26(27,16-24(22)28-30)10-12-29(25)17-19-6-7-19/h8-9,14,19,25,31H,4-7,10-13,15-17H2,1-3H3/t25?,26-,27-/m1/s1. The lowest BCUT2D eigenvalue weighted by Gasteiger charge is -2.63. The van der Waals surface area contributed by atoms with Crippen molar-refractivity contribution in [3.8, 4) is 5.75 Å². The van der Waals surface area contributed by atoms with Gasteiger partial charge in [0.25, 0.3) is 0 Å². The van der Waals surface area contributed by atoms with Crippen molar-refractivity contribution in [1.29, 1.82) is 0 Å². The van der Waals surface area contributed by atoms with Gasteiger partial charge in [0.2, 0.25) is 0 Å². The molecule has 2 fully saturated rings. The number of aromatic nitrogens is 2. The summed E-state index contributed by atoms with van der Waals surface area (Å²) in [5, 5.41) is 17.8. The first-order chi connectivity index (χ1) is 15.5. The molecule has 6 rings (SSSR count). The molecule has 172 valence electrons. The second-order valence-corrected chi connectivity index (χ2v) is 10.9. The molecule has 0 radical (unpaired) electrons. The summed E-state index contributed by atoms with van der Waals surface area (Å²) < 4.78 is 7.85. The van der Waals surface area contributed by atoms with E-state index in [9.17, 15) is 5.11 Å². The van der Waals surface area contributed by atoms with E-state index in [1.165, 1.54) is 47.3 Å². The maximum atomic E-state index is 12.7. The van der Waals surface area contributed by atoms with Crippen molar-refractivity contribution in [2.75, 3.05) is 20.2 Å². The highest BCUT2D eigenvalue weighted by atomic mass is 16.5. The number of ether oxygens (including phenoxy) is 1. The lowest BCUT2D eigenvalue weighted by Crippen LogP contribution is -2.74. The van der Waals surface area contributed by atoms with E-state index in [4.69, 9.17) is 9.84 Å². The number of benzene rings is 1. The van der Waals surface area contributed by atoms with E-state index in [-0.39, 0.29) is 11.5 Å². The third kappa shape index (κ3) is 2.86. The van der Waals surface area contributed by atoms with Crippen LogP contribution in [0.4, 0.5) is 0 Å². The predicted octanol–water partition coefficient (Wildman–Crippen LogP) is 3.81. The molecule has 1 aliphatic heterocycles. The number of nitrogens with zero attached hydrogens (tertiary/aromatic N) is 3. The summed E-state index contributed by atoms with van der Waals surface area (Å²) in [6.07, 6.45) is 8.52. The first kappa shape index (κ1) is 20.7. The minimum absolute atomic E-state index is 0.185. The molecule has 5 nitrogen and oxygen atoms in total. The number of fused-ring (bicyclic) bond motifs is 2. The largest absolute Gasteiger partial charge is 0.497 e. The number of hydrogen-bond donors (Lipinski definition) is 1. The van der Waals surface area contributed by atoms with Crippen LogP contribution in [-0.2, 0) is 31.2 Å². The van der Waals surface area contributed by atoms with Crippen molar-refractivity contribution in [3.05, 3.63) is 46.3 Å². The number of piperidine rings is 1. The highest BCUT2D eigenvalue weighted by Crippen LogP contribution is 2.57. The normalized spacial score (nSPS) is 31.1. The molecule has 1 aromatic carbocycles. The molecule has 1 saturated carbocycles. The van der Waals surface area contributed by atoms with Crippen molar-refractivity contribution >= 4 is 0 Å². The van der Waals surface area contributed by atoms with Gasteiger partial charge in [-0.05, 0) is 80.3 Å². The quantitative estimate of drug-likeness (QED) is 0.750. The van der Waals surface area contributed by atoms with Crippen molar-refractivity contribution in [3.63, 3.8) is 0 Å². The second kappa shape index (κ2) is 7.33. The van der Waals surface area contributed by atoms with Crippen LogP contribution < -0.4 is 4.74 Å². The van der Waals surface area contributed by atoms with Crippen LogP contribution in [0.2, 0.25) is 0 Å². The zero-order valence-electron chi connectivity index (χ0n) is 19.9. The van der Waals surface area contributed by atoms with E-state index >= 15 is 0 Å². The SMILES string of the molecule is CCCCn1nc2c(c1C)C[C@@]1(O)C3Cc4ccc(OC)cc4[C@@]1(CCN3CC1CC1)C2. The maximum absolute atomic E-state index is 12.7. The smallest absolute Gasteiger partial charge is 0.119 e. The molecular weight excluding hydrogens is 398 g/mol. The van der Waals surface area contributed by atoms with Gasteiger partial charge in [0, 0.05) is 43.1 Å². The highest BCUT2D eigenvalue weighted by molar-refractivity contribution is 5.52. The third-order valence-corrected chi connectivity index (χ3v) is 9.13. The zero-order valence-corrected chi connectivity index (χ0v) is 19.9. The van der Waals surface area contributed by atoms with Crippen LogP contribution in [0.25, 0.3) is 0 Å². The van der Waals surface area contributed by atoms with Gasteiger partial charge >= 0.3 is 0 Å². The van der Waals surface area contributed by atoms with Gasteiger partial charge in [-0.15, -0.1) is 0 Å². The van der Waals surface area contributed by atoms with Crippen LogP contribution in [0.3, 0.4) is 0 Å². The molecule has 1 saturated heterocycles. The van der Waals surface area contributed by atoms with Crippen LogP contribution in [-0.4, -0.2) is 51.6 Å². The molecule has 1 N–H and O–H groups in total. The van der Waals surface area contributed by atoms with Crippen LogP contribution in [0.5, 0.6) is 5.75 Å². The van der Waals surface area contributed by atoms with Crippen molar-refractivity contribution in [2.24, 2.45) is 5.92 Å². The molecule has 1 aromatic heterocycles. The fraction of sp³-hybridized carbons (Fsp3) is 0.667. The van der Waals surface area contributed by atoms with Gasteiger partial charge in [0.1, 0.15) is 5.75 Å². The predicted molar refractivity (Wildman–Crippen MR) is 125 cm³/mol. The van der Waals surface area contributed by atoms with Crippen molar-refractivity contribution < 1.29 is 9.84 Å². The first-order valence-electron chi connectivity index (χ1n) is 12.7. The number of aliphatic hydroxyl groups is 1. The highest BCUT2D eigenvalue weighted by Gasteiger charge is 2.65. The number of likely N-dealkylation sites (tertiary alicyclic amines) is 1. The zero-order chi connectivity index (χ0) is 22.1. The van der Waals surface area contributed by atoms with Crippen LogP contribution in [0.15, 0.2) is 18.2 Å². The van der Waals surface area contributed by atoms with Gasteiger partial charge in [-0.3, -0.25) is 9.58 Å². The summed E-state index contributed by atoms with van der Waals surface area (Å²) in [7, 11) is 1.74. The average molecular weight is 436 g/mol. The number of rotatable bonds is 6. The van der Waals surface area contributed by atoms with E-state index < -0.39 is 5.60 Å². The summed E-state index contributed by atoms with van der Waals surface area (Å²) in [6, 6.07) is 6.76. The molecule has 0 spiro atoms. The van der Waals surface area contributed by atoms with Crippen LogP contribution >= 0.6 is 0 Å². The Morgan fingerprint density at radius 2 is 2.09 bits per heavy atom. The number of aryl methyl sites for hydroxylation is 1. The summed E-state index contributed by atoms with van der Waals surface area (Å²) in [5.41, 5.74) is 5.47. The Hall–Kier alpha value is -1.85. The van der Waals surface area contributed by atoms with Crippen molar-refractivity contribution in [1.82, 2.24) is 14.7 Å². The summed E-state index contributed by atoms with van der Waals surface area (Å²) in [4.78, 5) is 2.64. The fourth-order valence-corrected chi connectivity index (χ4v) is 7.08. The number of hydrogen-bond acceptors (Lipinski definition) is 4. The molecule has 3 atom stereocenters. The lowest BCUT2D eigenvalue weighted by molar-refractivity contribution is -0.152. The Morgan fingerprint density at radius 3 is 2.84 bits per heavy atom. The van der Waals surface area contributed by atoms with E-state index in [1.807, 2.05) is 0 Å². The summed E-state index contributed by atoms with van der Waals surface area (Å²) >= 11 is 0. The summed E-state index contributed by atoms with van der Waals surface area (Å²) in [6.45, 7) is 7.64. The first-order valence-corrected chi connectivity index (χ1v) is 12.7. The molecular formula is C27H37N3O2. The molecule has 5 heteroatoms. The maximum Gasteiger partial charge on any atom is 0.119 e. The third-order valence-electron chi connectivity index (χ3n) is 9.13. The molecule has 0 amide bonds. The molecule has 2 heterocycles. The summed E-state index contributed by atoms with van der Waals surface area (Å²) in [5.74, 6) is 1.73. The van der Waals surface area contributed by atoms with Gasteiger partial charge in [0.15, 0.2) is 0 Å². The monoisotopic (exact) mass is 435 g/mol. The number of methoxy groups -OCH3 is 1. The van der Waals surface area contributed by atoms with E-state index in [0.29, 0.717) is 0 Å². The molecule has 3 aliphatic carbocycles. The number of unbranched alkanes of at least 4 members (excludes halogenated alkanes) is 1. The Kier molecular flexibility index (Phi) is 4.75. The minimum atomic E-state index is -0.754. The Balaban J connectivity index is 1.49. The molecule has 2 bridgehead atoms. The van der Waals surface area contributed by atoms with Crippen molar-refractivity contribution in [2.45, 2.75) is 88.8 Å². The molecule has 32 heavy (non-hydrogen) atoms. The molecule has 2 aromatic rings.